The lowest BCUT2D eigenvalue weighted by Gasteiger charge is -2.16. The van der Waals surface area contributed by atoms with E-state index in [-0.39, 0.29) is 25.4 Å². The maximum atomic E-state index is 11.5. The Morgan fingerprint density at radius 1 is 1.29 bits per heavy atom. The summed E-state index contributed by atoms with van der Waals surface area (Å²) in [6.07, 6.45) is -1.36. The van der Waals surface area contributed by atoms with E-state index in [0.29, 0.717) is 0 Å². The van der Waals surface area contributed by atoms with Crippen LogP contribution >= 0.6 is 0 Å². The van der Waals surface area contributed by atoms with Gasteiger partial charge in [-0.05, 0) is 13.8 Å². The topological polar surface area (TPSA) is 71.1 Å². The number of hydrogen-bond acceptors (Lipinski definition) is 6. The highest BCUT2D eigenvalue weighted by atomic mass is 16.7. The Morgan fingerprint density at radius 2 is 1.94 bits per heavy atom. The molecule has 0 amide bonds. The second-order valence-corrected chi connectivity index (χ2v) is 3.13. The number of carbonyl (C=O) groups is 2. The number of methoxy groups -OCH3 is 1. The molecule has 6 heteroatoms. The molecular formula is C11H18O6. The third-order valence-corrected chi connectivity index (χ3v) is 1.60. The Balaban J connectivity index is 4.25. The van der Waals surface area contributed by atoms with Crippen LogP contribution in [0.5, 0.6) is 0 Å². The van der Waals surface area contributed by atoms with E-state index in [1.54, 1.807) is 6.92 Å². The standard InChI is InChI=1S/C11H18O6/c1-5-15-11(17-9(12)8(2)3)10(13)16-7-6-14-4/h11H,2,5-7H2,1,3-4H3. The molecule has 0 aromatic rings. The summed E-state index contributed by atoms with van der Waals surface area (Å²) in [5, 5.41) is 0. The lowest BCUT2D eigenvalue weighted by Crippen LogP contribution is -2.32. The van der Waals surface area contributed by atoms with Crippen LogP contribution in [0.1, 0.15) is 13.8 Å². The second-order valence-electron chi connectivity index (χ2n) is 3.13. The van der Waals surface area contributed by atoms with Crippen LogP contribution in [-0.4, -0.2) is 45.2 Å². The first-order chi connectivity index (χ1) is 8.02. The van der Waals surface area contributed by atoms with Crippen molar-refractivity contribution >= 4 is 11.9 Å². The third-order valence-electron chi connectivity index (χ3n) is 1.60. The summed E-state index contributed by atoms with van der Waals surface area (Å²) in [5.41, 5.74) is 0.180. The Morgan fingerprint density at radius 3 is 2.41 bits per heavy atom. The molecule has 1 atom stereocenters. The first-order valence-electron chi connectivity index (χ1n) is 5.16. The molecule has 0 saturated carbocycles. The number of rotatable bonds is 8. The summed E-state index contributed by atoms with van der Waals surface area (Å²) >= 11 is 0. The first kappa shape index (κ1) is 15.6. The van der Waals surface area contributed by atoms with Crippen molar-refractivity contribution in [3.8, 4) is 0 Å². The maximum absolute atomic E-state index is 11.5. The van der Waals surface area contributed by atoms with Crippen molar-refractivity contribution in [1.82, 2.24) is 0 Å². The summed E-state index contributed by atoms with van der Waals surface area (Å²) in [6.45, 7) is 7.10. The zero-order chi connectivity index (χ0) is 13.3. The summed E-state index contributed by atoms with van der Waals surface area (Å²) < 4.78 is 19.2. The largest absolute Gasteiger partial charge is 0.459 e. The summed E-state index contributed by atoms with van der Waals surface area (Å²) in [5.74, 6) is -1.47. The van der Waals surface area contributed by atoms with Crippen LogP contribution in [0.2, 0.25) is 0 Å². The zero-order valence-electron chi connectivity index (χ0n) is 10.4. The van der Waals surface area contributed by atoms with Crippen LogP contribution in [-0.2, 0) is 28.5 Å². The summed E-state index contributed by atoms with van der Waals surface area (Å²) in [7, 11) is 1.48. The van der Waals surface area contributed by atoms with E-state index in [1.165, 1.54) is 14.0 Å². The average Bonchev–Trinajstić information content (AvgIpc) is 2.28. The van der Waals surface area contributed by atoms with Gasteiger partial charge in [-0.3, -0.25) is 0 Å². The maximum Gasteiger partial charge on any atom is 0.376 e. The van der Waals surface area contributed by atoms with E-state index < -0.39 is 18.2 Å². The molecule has 0 aliphatic carbocycles. The highest BCUT2D eigenvalue weighted by Gasteiger charge is 2.25. The Kier molecular flexibility index (Phi) is 8.00. The van der Waals surface area contributed by atoms with Crippen LogP contribution < -0.4 is 0 Å². The van der Waals surface area contributed by atoms with E-state index in [2.05, 4.69) is 6.58 Å². The third kappa shape index (κ3) is 6.70. The second kappa shape index (κ2) is 8.72. The number of carbonyl (C=O) groups excluding carboxylic acids is 2. The summed E-state index contributed by atoms with van der Waals surface area (Å²) in [6, 6.07) is 0. The van der Waals surface area contributed by atoms with Crippen LogP contribution in [0.15, 0.2) is 12.2 Å². The van der Waals surface area contributed by atoms with Gasteiger partial charge in [0.25, 0.3) is 0 Å². The molecule has 0 heterocycles. The van der Waals surface area contributed by atoms with Crippen LogP contribution in [0.4, 0.5) is 0 Å². The van der Waals surface area contributed by atoms with Gasteiger partial charge in [0.2, 0.25) is 0 Å². The number of hydrogen-bond donors (Lipinski definition) is 0. The van der Waals surface area contributed by atoms with Gasteiger partial charge in [0.15, 0.2) is 0 Å². The lowest BCUT2D eigenvalue weighted by atomic mass is 10.4. The van der Waals surface area contributed by atoms with E-state index in [1.807, 2.05) is 0 Å². The van der Waals surface area contributed by atoms with Gasteiger partial charge < -0.3 is 18.9 Å². The fraction of sp³-hybridized carbons (Fsp3) is 0.636. The van der Waals surface area contributed by atoms with Crippen molar-refractivity contribution in [2.45, 2.75) is 20.1 Å². The molecule has 0 N–H and O–H groups in total. The Hall–Kier alpha value is -1.40. The average molecular weight is 246 g/mol. The summed E-state index contributed by atoms with van der Waals surface area (Å²) in [4.78, 5) is 22.7. The predicted molar refractivity (Wildman–Crippen MR) is 59.2 cm³/mol. The van der Waals surface area contributed by atoms with E-state index in [9.17, 15) is 9.59 Å². The van der Waals surface area contributed by atoms with Crippen molar-refractivity contribution in [1.29, 1.82) is 0 Å². The molecule has 0 aliphatic heterocycles. The lowest BCUT2D eigenvalue weighted by molar-refractivity contribution is -0.198. The minimum Gasteiger partial charge on any atom is -0.459 e. The fourth-order valence-electron chi connectivity index (χ4n) is 0.793. The monoisotopic (exact) mass is 246 g/mol. The smallest absolute Gasteiger partial charge is 0.376 e. The molecule has 1 unspecified atom stereocenters. The van der Waals surface area contributed by atoms with Gasteiger partial charge in [0, 0.05) is 19.3 Å². The first-order valence-corrected chi connectivity index (χ1v) is 5.16. The zero-order valence-corrected chi connectivity index (χ0v) is 10.4. The van der Waals surface area contributed by atoms with Crippen molar-refractivity contribution < 1.29 is 28.5 Å². The molecule has 0 aromatic carbocycles. The van der Waals surface area contributed by atoms with Crippen molar-refractivity contribution in [2.75, 3.05) is 26.9 Å². The van der Waals surface area contributed by atoms with E-state index in [4.69, 9.17) is 18.9 Å². The molecule has 6 nitrogen and oxygen atoms in total. The minimum atomic E-state index is -1.36. The predicted octanol–water partition coefficient (Wildman–Crippen LogP) is 0.658. The highest BCUT2D eigenvalue weighted by molar-refractivity contribution is 5.89. The van der Waals surface area contributed by atoms with Gasteiger partial charge in [-0.15, -0.1) is 0 Å². The van der Waals surface area contributed by atoms with Crippen LogP contribution in [0.3, 0.4) is 0 Å². The minimum absolute atomic E-state index is 0.0729. The Bertz CT molecular complexity index is 273. The molecule has 98 valence electrons. The normalized spacial score (nSPS) is 11.7. The molecule has 0 radical (unpaired) electrons. The molecule has 0 saturated heterocycles. The van der Waals surface area contributed by atoms with Gasteiger partial charge in [-0.2, -0.15) is 0 Å². The van der Waals surface area contributed by atoms with Crippen LogP contribution in [0.25, 0.3) is 0 Å². The van der Waals surface area contributed by atoms with E-state index in [0.717, 1.165) is 0 Å². The molecule has 0 spiro atoms. The van der Waals surface area contributed by atoms with Crippen molar-refractivity contribution in [3.05, 3.63) is 12.2 Å². The highest BCUT2D eigenvalue weighted by Crippen LogP contribution is 2.03. The van der Waals surface area contributed by atoms with Gasteiger partial charge >= 0.3 is 18.2 Å². The van der Waals surface area contributed by atoms with Crippen LogP contribution in [0, 0.1) is 0 Å². The van der Waals surface area contributed by atoms with Gasteiger partial charge in [0.05, 0.1) is 6.61 Å². The van der Waals surface area contributed by atoms with Gasteiger partial charge in [-0.25, -0.2) is 9.59 Å². The molecule has 0 aliphatic rings. The quantitative estimate of drug-likeness (QED) is 0.271. The molecule has 0 rings (SSSR count). The SMILES string of the molecule is C=C(C)C(=O)OC(OCC)C(=O)OCCOC. The number of ether oxygens (including phenoxy) is 4. The molecule has 0 fully saturated rings. The van der Waals surface area contributed by atoms with Gasteiger partial charge in [0.1, 0.15) is 6.61 Å². The fourth-order valence-corrected chi connectivity index (χ4v) is 0.793. The Labute approximate surface area is 100 Å². The van der Waals surface area contributed by atoms with Crippen molar-refractivity contribution in [2.24, 2.45) is 0 Å². The van der Waals surface area contributed by atoms with Crippen molar-refractivity contribution in [3.63, 3.8) is 0 Å². The number of esters is 2. The molecular weight excluding hydrogens is 228 g/mol. The van der Waals surface area contributed by atoms with E-state index >= 15 is 0 Å². The molecule has 0 aromatic heterocycles. The molecule has 17 heavy (non-hydrogen) atoms. The van der Waals surface area contributed by atoms with Gasteiger partial charge in [-0.1, -0.05) is 6.58 Å². The molecule has 0 bridgehead atoms.